The Labute approximate surface area is 93.2 Å². The van der Waals surface area contributed by atoms with Crippen LogP contribution in [0.15, 0.2) is 0 Å². The molecule has 0 aromatic rings. The Morgan fingerprint density at radius 2 is 1.40 bits per heavy atom. The summed E-state index contributed by atoms with van der Waals surface area (Å²) in [5.41, 5.74) is 2.49. The van der Waals surface area contributed by atoms with Crippen molar-refractivity contribution in [1.82, 2.24) is 5.48 Å². The fourth-order valence-corrected chi connectivity index (χ4v) is 1.84. The summed E-state index contributed by atoms with van der Waals surface area (Å²) in [6.07, 6.45) is 12.5. The first kappa shape index (κ1) is 12.9. The molecule has 90 valence electrons. The zero-order valence-electron chi connectivity index (χ0n) is 9.93. The Morgan fingerprint density at radius 3 is 1.87 bits per heavy atom. The van der Waals surface area contributed by atoms with E-state index in [2.05, 4.69) is 17.2 Å². The third kappa shape index (κ3) is 6.88. The van der Waals surface area contributed by atoms with Crippen molar-refractivity contribution in [3.8, 4) is 0 Å². The molecule has 1 fully saturated rings. The zero-order chi connectivity index (χ0) is 11.0. The first-order chi connectivity index (χ1) is 7.27. The molecule has 1 atom stereocenters. The van der Waals surface area contributed by atoms with Gasteiger partial charge in [-0.15, -0.1) is 5.48 Å². The second-order valence-electron chi connectivity index (χ2n) is 4.57. The highest BCUT2D eigenvalue weighted by Crippen LogP contribution is 2.23. The molecule has 0 aliphatic carbocycles. The second-order valence-corrected chi connectivity index (χ2v) is 4.57. The molecule has 15 heavy (non-hydrogen) atoms. The molecular formula is C12H25NO2. The van der Waals surface area contributed by atoms with Crippen LogP contribution < -0.4 is 5.48 Å². The molecule has 3 heteroatoms. The predicted octanol–water partition coefficient (Wildman–Crippen LogP) is 3.09. The van der Waals surface area contributed by atoms with Crippen LogP contribution in [0.3, 0.4) is 0 Å². The van der Waals surface area contributed by atoms with Crippen molar-refractivity contribution in [3.05, 3.63) is 0 Å². The predicted molar refractivity (Wildman–Crippen MR) is 61.0 cm³/mol. The Balaban J connectivity index is 1.70. The largest absolute Gasteiger partial charge is 0.351 e. The van der Waals surface area contributed by atoms with E-state index in [1.165, 1.54) is 51.4 Å². The van der Waals surface area contributed by atoms with Crippen LogP contribution in [-0.4, -0.2) is 11.0 Å². The van der Waals surface area contributed by atoms with E-state index in [0.717, 1.165) is 12.8 Å². The summed E-state index contributed by atoms with van der Waals surface area (Å²) < 4.78 is 0. The molecule has 0 radical (unpaired) electrons. The summed E-state index contributed by atoms with van der Waals surface area (Å²) in [5, 5.41) is 9.30. The van der Waals surface area contributed by atoms with Gasteiger partial charge >= 0.3 is 0 Å². The standard InChI is InChI=1S/C12H25NO2/c1-2-3-4-5-6-7-8-9-10-11-12(14)13-15-12/h13-14H,2-11H2,1H3/t12-/m1/s1. The molecule has 2 N–H and O–H groups in total. The van der Waals surface area contributed by atoms with Crippen molar-refractivity contribution in [1.29, 1.82) is 0 Å². The number of rotatable bonds is 10. The molecule has 1 rings (SSSR count). The fraction of sp³-hybridized carbons (Fsp3) is 1.00. The maximum Gasteiger partial charge on any atom is 0.264 e. The maximum atomic E-state index is 9.30. The van der Waals surface area contributed by atoms with Crippen LogP contribution in [0.1, 0.15) is 71.1 Å². The second kappa shape index (κ2) is 7.20. The van der Waals surface area contributed by atoms with Crippen molar-refractivity contribution in [2.45, 2.75) is 77.0 Å². The van der Waals surface area contributed by atoms with E-state index in [1.807, 2.05) is 0 Å². The first-order valence-corrected chi connectivity index (χ1v) is 6.44. The van der Waals surface area contributed by atoms with Gasteiger partial charge in [-0.3, -0.25) is 0 Å². The molecular weight excluding hydrogens is 190 g/mol. The van der Waals surface area contributed by atoms with Gasteiger partial charge in [0, 0.05) is 6.42 Å². The highest BCUT2D eigenvalue weighted by Gasteiger charge is 2.41. The molecule has 1 saturated heterocycles. The van der Waals surface area contributed by atoms with Gasteiger partial charge in [0.25, 0.3) is 5.91 Å². The van der Waals surface area contributed by atoms with E-state index in [1.54, 1.807) is 0 Å². The lowest BCUT2D eigenvalue weighted by molar-refractivity contribution is 0.0263. The molecule has 0 aromatic carbocycles. The molecule has 0 spiro atoms. The minimum Gasteiger partial charge on any atom is -0.351 e. The molecule has 3 nitrogen and oxygen atoms in total. The number of unbranched alkanes of at least 4 members (excludes halogenated alkanes) is 8. The molecule has 0 bridgehead atoms. The van der Waals surface area contributed by atoms with Gasteiger partial charge in [-0.2, -0.15) is 0 Å². The van der Waals surface area contributed by atoms with E-state index in [0.29, 0.717) is 0 Å². The topological polar surface area (TPSA) is 54.7 Å². The van der Waals surface area contributed by atoms with E-state index in [9.17, 15) is 5.11 Å². The Bertz CT molecular complexity index is 158. The van der Waals surface area contributed by atoms with Gasteiger partial charge in [-0.1, -0.05) is 58.3 Å². The normalized spacial score (nSPS) is 24.4. The van der Waals surface area contributed by atoms with Crippen LogP contribution in [0.4, 0.5) is 0 Å². The molecule has 1 aliphatic rings. The van der Waals surface area contributed by atoms with Gasteiger partial charge in [-0.25, -0.2) is 4.84 Å². The molecule has 0 aromatic heterocycles. The number of aliphatic hydroxyl groups is 1. The highest BCUT2D eigenvalue weighted by atomic mass is 16.9. The molecule has 0 amide bonds. The Morgan fingerprint density at radius 1 is 0.933 bits per heavy atom. The fourth-order valence-electron chi connectivity index (χ4n) is 1.84. The average molecular weight is 215 g/mol. The van der Waals surface area contributed by atoms with Gasteiger partial charge in [-0.05, 0) is 6.42 Å². The van der Waals surface area contributed by atoms with E-state index in [-0.39, 0.29) is 0 Å². The number of hydrogen-bond acceptors (Lipinski definition) is 3. The van der Waals surface area contributed by atoms with Crippen LogP contribution in [0.25, 0.3) is 0 Å². The SMILES string of the molecule is CCCCCCCCCCC[C@]1(O)NO1. The van der Waals surface area contributed by atoms with Gasteiger partial charge in [0.05, 0.1) is 0 Å². The van der Waals surface area contributed by atoms with Crippen molar-refractivity contribution in [3.63, 3.8) is 0 Å². The number of nitrogens with one attached hydrogen (secondary N) is 1. The quantitative estimate of drug-likeness (QED) is 0.435. The average Bonchev–Trinajstić information content (AvgIpc) is 2.95. The minimum atomic E-state index is -0.957. The summed E-state index contributed by atoms with van der Waals surface area (Å²) in [4.78, 5) is 4.67. The first-order valence-electron chi connectivity index (χ1n) is 6.44. The van der Waals surface area contributed by atoms with Crippen LogP contribution in [0.5, 0.6) is 0 Å². The van der Waals surface area contributed by atoms with Gasteiger partial charge in [0.1, 0.15) is 0 Å². The maximum absolute atomic E-state index is 9.30. The smallest absolute Gasteiger partial charge is 0.264 e. The third-order valence-electron chi connectivity index (χ3n) is 2.96. The molecule has 1 aliphatic heterocycles. The number of hydroxylamine groups is 1. The lowest BCUT2D eigenvalue weighted by atomic mass is 10.1. The van der Waals surface area contributed by atoms with E-state index >= 15 is 0 Å². The third-order valence-corrected chi connectivity index (χ3v) is 2.96. The van der Waals surface area contributed by atoms with Crippen LogP contribution >= 0.6 is 0 Å². The van der Waals surface area contributed by atoms with Crippen LogP contribution in [0.2, 0.25) is 0 Å². The van der Waals surface area contributed by atoms with E-state index < -0.39 is 5.91 Å². The summed E-state index contributed by atoms with van der Waals surface area (Å²) in [5.74, 6) is -0.957. The lowest BCUT2D eigenvalue weighted by Crippen LogP contribution is -2.12. The number of hydrogen-bond donors (Lipinski definition) is 2. The van der Waals surface area contributed by atoms with Crippen molar-refractivity contribution in [2.75, 3.05) is 0 Å². The van der Waals surface area contributed by atoms with Crippen molar-refractivity contribution in [2.24, 2.45) is 0 Å². The van der Waals surface area contributed by atoms with Crippen LogP contribution in [0, 0.1) is 0 Å². The molecule has 0 unspecified atom stereocenters. The van der Waals surface area contributed by atoms with Crippen LogP contribution in [-0.2, 0) is 4.84 Å². The summed E-state index contributed by atoms with van der Waals surface area (Å²) >= 11 is 0. The summed E-state index contributed by atoms with van der Waals surface area (Å²) in [6, 6.07) is 0. The highest BCUT2D eigenvalue weighted by molar-refractivity contribution is 4.68. The van der Waals surface area contributed by atoms with Gasteiger partial charge in [0.2, 0.25) is 0 Å². The molecule has 1 heterocycles. The molecule has 0 saturated carbocycles. The zero-order valence-corrected chi connectivity index (χ0v) is 9.93. The summed E-state index contributed by atoms with van der Waals surface area (Å²) in [6.45, 7) is 2.25. The Kier molecular flexibility index (Phi) is 6.22. The van der Waals surface area contributed by atoms with E-state index in [4.69, 9.17) is 0 Å². The van der Waals surface area contributed by atoms with Crippen molar-refractivity contribution >= 4 is 0 Å². The van der Waals surface area contributed by atoms with Gasteiger partial charge in [0.15, 0.2) is 0 Å². The Hall–Kier alpha value is -0.120. The van der Waals surface area contributed by atoms with Gasteiger partial charge < -0.3 is 5.11 Å². The monoisotopic (exact) mass is 215 g/mol. The summed E-state index contributed by atoms with van der Waals surface area (Å²) in [7, 11) is 0. The minimum absolute atomic E-state index is 0.725. The lowest BCUT2D eigenvalue weighted by Gasteiger charge is -2.02. The van der Waals surface area contributed by atoms with Crippen molar-refractivity contribution < 1.29 is 9.94 Å².